The molecule has 24 heavy (non-hydrogen) atoms. The predicted molar refractivity (Wildman–Crippen MR) is 92.9 cm³/mol. The normalized spacial score (nSPS) is 16.5. The quantitative estimate of drug-likeness (QED) is 0.840. The number of carbonyl (C=O) groups is 1. The van der Waals surface area contributed by atoms with Gasteiger partial charge in [0.15, 0.2) is 0 Å². The smallest absolute Gasteiger partial charge is 0.230 e. The Morgan fingerprint density at radius 2 is 2.00 bits per heavy atom. The molecule has 0 bridgehead atoms. The molecule has 1 atom stereocenters. The number of carbonyl (C=O) groups excluding carboxylic acids is 1. The molecule has 1 heterocycles. The monoisotopic (exact) mass is 328 g/mol. The number of hydrogen-bond acceptors (Lipinski definition) is 4. The average molecular weight is 328 g/mol. The van der Waals surface area contributed by atoms with E-state index in [1.807, 2.05) is 43.3 Å². The van der Waals surface area contributed by atoms with E-state index in [9.17, 15) is 9.90 Å². The van der Waals surface area contributed by atoms with Crippen molar-refractivity contribution >= 4 is 11.6 Å². The van der Waals surface area contributed by atoms with Crippen molar-refractivity contribution in [2.24, 2.45) is 7.05 Å². The van der Waals surface area contributed by atoms with Gasteiger partial charge in [0.2, 0.25) is 5.91 Å². The van der Waals surface area contributed by atoms with Gasteiger partial charge in [-0.15, -0.1) is 0 Å². The Kier molecular flexibility index (Phi) is 4.32. The van der Waals surface area contributed by atoms with E-state index in [2.05, 4.69) is 10.4 Å². The van der Waals surface area contributed by atoms with Crippen LogP contribution in [0.1, 0.15) is 30.2 Å². The van der Waals surface area contributed by atoms with Gasteiger partial charge in [0, 0.05) is 39.6 Å². The van der Waals surface area contributed by atoms with Gasteiger partial charge in [-0.3, -0.25) is 9.48 Å². The Morgan fingerprint density at radius 3 is 2.50 bits per heavy atom. The lowest BCUT2D eigenvalue weighted by Crippen LogP contribution is -2.37. The van der Waals surface area contributed by atoms with E-state index in [1.165, 1.54) is 0 Å². The standard InChI is InChI=1S/C18H24N4O2/c1-21(2)14-6-4-13(5-7-14)18(9-10-18)17(24)19-12-16(23)15-8-11-20-22(15)3/h4-8,11,16,23H,9-10,12H2,1-3H3,(H,19,24). The van der Waals surface area contributed by atoms with Crippen LogP contribution in [0, 0.1) is 0 Å². The lowest BCUT2D eigenvalue weighted by molar-refractivity contribution is -0.124. The van der Waals surface area contributed by atoms with Crippen molar-refractivity contribution in [1.29, 1.82) is 0 Å². The molecular weight excluding hydrogens is 304 g/mol. The predicted octanol–water partition coefficient (Wildman–Crippen LogP) is 1.37. The zero-order valence-electron chi connectivity index (χ0n) is 14.4. The second-order valence-corrected chi connectivity index (χ2v) is 6.63. The van der Waals surface area contributed by atoms with Crippen LogP contribution in [0.4, 0.5) is 5.69 Å². The molecule has 0 radical (unpaired) electrons. The van der Waals surface area contributed by atoms with Crippen LogP contribution in [0.25, 0.3) is 0 Å². The first-order valence-electron chi connectivity index (χ1n) is 8.16. The summed E-state index contributed by atoms with van der Waals surface area (Å²) < 4.78 is 1.61. The molecule has 0 spiro atoms. The van der Waals surface area contributed by atoms with Crippen molar-refractivity contribution < 1.29 is 9.90 Å². The maximum Gasteiger partial charge on any atom is 0.230 e. The summed E-state index contributed by atoms with van der Waals surface area (Å²) in [6.07, 6.45) is 2.58. The van der Waals surface area contributed by atoms with Crippen molar-refractivity contribution in [3.63, 3.8) is 0 Å². The van der Waals surface area contributed by atoms with Gasteiger partial charge in [0.05, 0.1) is 11.1 Å². The van der Waals surface area contributed by atoms with E-state index < -0.39 is 11.5 Å². The molecule has 0 saturated heterocycles. The highest BCUT2D eigenvalue weighted by atomic mass is 16.3. The van der Waals surface area contributed by atoms with Gasteiger partial charge in [-0.2, -0.15) is 5.10 Å². The minimum absolute atomic E-state index is 0.0127. The average Bonchev–Trinajstić information content (AvgIpc) is 3.28. The number of anilines is 1. The molecule has 1 saturated carbocycles. The van der Waals surface area contributed by atoms with E-state index in [-0.39, 0.29) is 12.5 Å². The van der Waals surface area contributed by atoms with Crippen LogP contribution in [0.2, 0.25) is 0 Å². The Hall–Kier alpha value is -2.34. The number of aromatic nitrogens is 2. The number of aryl methyl sites for hydroxylation is 1. The minimum atomic E-state index is -0.756. The number of amides is 1. The number of hydrogen-bond donors (Lipinski definition) is 2. The van der Waals surface area contributed by atoms with Crippen LogP contribution < -0.4 is 10.2 Å². The maximum absolute atomic E-state index is 12.7. The van der Waals surface area contributed by atoms with Crippen molar-refractivity contribution in [3.8, 4) is 0 Å². The van der Waals surface area contributed by atoms with Crippen molar-refractivity contribution in [2.45, 2.75) is 24.4 Å². The number of rotatable bonds is 6. The molecule has 1 aromatic carbocycles. The molecule has 0 aliphatic heterocycles. The molecule has 6 heteroatoms. The van der Waals surface area contributed by atoms with Gasteiger partial charge < -0.3 is 15.3 Å². The highest BCUT2D eigenvalue weighted by molar-refractivity contribution is 5.91. The zero-order chi connectivity index (χ0) is 17.3. The maximum atomic E-state index is 12.7. The summed E-state index contributed by atoms with van der Waals surface area (Å²) in [5, 5.41) is 17.1. The van der Waals surface area contributed by atoms with Gasteiger partial charge in [-0.05, 0) is 36.6 Å². The minimum Gasteiger partial charge on any atom is -0.385 e. The van der Waals surface area contributed by atoms with E-state index in [0.29, 0.717) is 5.69 Å². The fourth-order valence-electron chi connectivity index (χ4n) is 3.02. The van der Waals surface area contributed by atoms with Crippen LogP contribution in [0.5, 0.6) is 0 Å². The summed E-state index contributed by atoms with van der Waals surface area (Å²) in [6, 6.07) is 9.88. The van der Waals surface area contributed by atoms with Gasteiger partial charge in [-0.1, -0.05) is 12.1 Å². The summed E-state index contributed by atoms with van der Waals surface area (Å²) in [7, 11) is 5.76. The van der Waals surface area contributed by atoms with Crippen LogP contribution in [-0.4, -0.2) is 41.4 Å². The number of aliphatic hydroxyl groups is 1. The van der Waals surface area contributed by atoms with Crippen molar-refractivity contribution in [3.05, 3.63) is 47.8 Å². The fourth-order valence-corrected chi connectivity index (χ4v) is 3.02. The van der Waals surface area contributed by atoms with Crippen molar-refractivity contribution in [2.75, 3.05) is 25.5 Å². The Balaban J connectivity index is 1.65. The van der Waals surface area contributed by atoms with Gasteiger partial charge in [0.25, 0.3) is 0 Å². The van der Waals surface area contributed by atoms with Crippen LogP contribution in [0.3, 0.4) is 0 Å². The Bertz CT molecular complexity index is 717. The molecule has 1 aliphatic carbocycles. The van der Waals surface area contributed by atoms with Gasteiger partial charge >= 0.3 is 0 Å². The lowest BCUT2D eigenvalue weighted by atomic mass is 9.94. The molecule has 1 aromatic heterocycles. The molecule has 6 nitrogen and oxygen atoms in total. The molecule has 128 valence electrons. The SMILES string of the molecule is CN(C)c1ccc(C2(C(=O)NCC(O)c3ccnn3C)CC2)cc1. The molecule has 1 unspecified atom stereocenters. The van der Waals surface area contributed by atoms with Gasteiger partial charge in [0.1, 0.15) is 6.10 Å². The van der Waals surface area contributed by atoms with E-state index in [1.54, 1.807) is 24.0 Å². The number of nitrogens with zero attached hydrogens (tertiary/aromatic N) is 3. The highest BCUT2D eigenvalue weighted by Gasteiger charge is 2.51. The largest absolute Gasteiger partial charge is 0.385 e. The van der Waals surface area contributed by atoms with Crippen molar-refractivity contribution in [1.82, 2.24) is 15.1 Å². The fraction of sp³-hybridized carbons (Fsp3) is 0.444. The number of benzene rings is 1. The summed E-state index contributed by atoms with van der Waals surface area (Å²) in [5.41, 5.74) is 2.41. The van der Waals surface area contributed by atoms with Crippen LogP contribution in [0.15, 0.2) is 36.5 Å². The first kappa shape index (κ1) is 16.5. The zero-order valence-corrected chi connectivity index (χ0v) is 14.4. The highest BCUT2D eigenvalue weighted by Crippen LogP contribution is 2.48. The topological polar surface area (TPSA) is 70.4 Å². The molecule has 1 amide bonds. The third-order valence-corrected chi connectivity index (χ3v) is 4.78. The summed E-state index contributed by atoms with van der Waals surface area (Å²) in [5.74, 6) is -0.0127. The molecule has 2 aromatic rings. The lowest BCUT2D eigenvalue weighted by Gasteiger charge is -2.19. The summed E-state index contributed by atoms with van der Waals surface area (Å²) in [6.45, 7) is 0.190. The van der Waals surface area contributed by atoms with Gasteiger partial charge in [-0.25, -0.2) is 0 Å². The number of nitrogens with one attached hydrogen (secondary N) is 1. The Morgan fingerprint density at radius 1 is 1.33 bits per heavy atom. The van der Waals surface area contributed by atoms with E-state index in [4.69, 9.17) is 0 Å². The molecular formula is C18H24N4O2. The van der Waals surface area contributed by atoms with Crippen LogP contribution >= 0.6 is 0 Å². The third kappa shape index (κ3) is 3.01. The third-order valence-electron chi connectivity index (χ3n) is 4.78. The molecule has 2 N–H and O–H groups in total. The van der Waals surface area contributed by atoms with E-state index in [0.717, 1.165) is 24.1 Å². The second-order valence-electron chi connectivity index (χ2n) is 6.63. The molecule has 1 aliphatic rings. The summed E-state index contributed by atoms with van der Waals surface area (Å²) in [4.78, 5) is 14.7. The number of aliphatic hydroxyl groups excluding tert-OH is 1. The second kappa shape index (κ2) is 6.28. The van der Waals surface area contributed by atoms with E-state index >= 15 is 0 Å². The first-order valence-corrected chi connectivity index (χ1v) is 8.16. The first-order chi connectivity index (χ1) is 11.4. The Labute approximate surface area is 142 Å². The molecule has 1 fully saturated rings. The summed E-state index contributed by atoms with van der Waals surface area (Å²) >= 11 is 0. The van der Waals surface area contributed by atoms with Crippen LogP contribution in [-0.2, 0) is 17.3 Å². The molecule has 3 rings (SSSR count).